The Balaban J connectivity index is 2.84. The molecule has 1 N–H and O–H groups in total. The van der Waals surface area contributed by atoms with Crippen LogP contribution in [0, 0.1) is 0 Å². The minimum Gasteiger partial charge on any atom is -0.462 e. The fourth-order valence-electron chi connectivity index (χ4n) is 1.85. The topological polar surface area (TPSA) is 94.1 Å². The average molecular weight is 298 g/mol. The molecule has 8 heteroatoms. The number of aromatic nitrogens is 3. The molecule has 2 aromatic heterocycles. The highest BCUT2D eigenvalue weighted by Gasteiger charge is 2.19. The molecular formula is C12H12ClN3O4. The molecule has 0 saturated carbocycles. The fourth-order valence-corrected chi connectivity index (χ4v) is 2.15. The maximum Gasteiger partial charge on any atom is 0.341 e. The summed E-state index contributed by atoms with van der Waals surface area (Å²) in [7, 11) is 0. The number of aromatic amines is 1. The molecule has 0 unspecified atom stereocenters. The summed E-state index contributed by atoms with van der Waals surface area (Å²) in [5.74, 6) is -0.666. The Kier molecular flexibility index (Phi) is 3.89. The summed E-state index contributed by atoms with van der Waals surface area (Å²) < 4.78 is 6.10. The van der Waals surface area contributed by atoms with Gasteiger partial charge in [-0.1, -0.05) is 11.6 Å². The maximum absolute atomic E-state index is 11.9. The molecule has 0 amide bonds. The monoisotopic (exact) mass is 297 g/mol. The zero-order chi connectivity index (χ0) is 14.9. The van der Waals surface area contributed by atoms with E-state index in [0.29, 0.717) is 6.54 Å². The van der Waals surface area contributed by atoms with Gasteiger partial charge in [-0.25, -0.2) is 14.6 Å². The first kappa shape index (κ1) is 14.3. The Bertz CT molecular complexity index is 794. The average Bonchev–Trinajstić information content (AvgIpc) is 2.39. The molecule has 0 aliphatic rings. The summed E-state index contributed by atoms with van der Waals surface area (Å²) in [5.41, 5.74) is -1.12. The summed E-state index contributed by atoms with van der Waals surface area (Å²) in [4.78, 5) is 41.4. The Labute approximate surface area is 118 Å². The van der Waals surface area contributed by atoms with Gasteiger partial charge in [0.25, 0.3) is 5.56 Å². The number of fused-ring (bicyclic) bond motifs is 1. The summed E-state index contributed by atoms with van der Waals surface area (Å²) >= 11 is 6.08. The van der Waals surface area contributed by atoms with Crippen molar-refractivity contribution in [3.05, 3.63) is 37.6 Å². The fraction of sp³-hybridized carbons (Fsp3) is 0.333. The van der Waals surface area contributed by atoms with Crippen LogP contribution in [-0.2, 0) is 11.3 Å². The van der Waals surface area contributed by atoms with E-state index in [1.165, 1.54) is 10.8 Å². The number of carbonyl (C=O) groups is 1. The number of nitrogens with zero attached hydrogens (tertiary/aromatic N) is 2. The second-order valence-corrected chi connectivity index (χ2v) is 4.29. The predicted molar refractivity (Wildman–Crippen MR) is 73.3 cm³/mol. The second kappa shape index (κ2) is 5.46. The molecule has 0 atom stereocenters. The highest BCUT2D eigenvalue weighted by molar-refractivity contribution is 6.38. The van der Waals surface area contributed by atoms with Gasteiger partial charge in [-0.15, -0.1) is 0 Å². The molecule has 2 aromatic rings. The first-order valence-electron chi connectivity index (χ1n) is 5.99. The van der Waals surface area contributed by atoms with Crippen molar-refractivity contribution >= 4 is 28.6 Å². The van der Waals surface area contributed by atoms with Crippen LogP contribution in [0.3, 0.4) is 0 Å². The normalized spacial score (nSPS) is 10.8. The van der Waals surface area contributed by atoms with Gasteiger partial charge >= 0.3 is 11.7 Å². The van der Waals surface area contributed by atoms with Gasteiger partial charge < -0.3 is 4.74 Å². The molecule has 0 saturated heterocycles. The van der Waals surface area contributed by atoms with Gasteiger partial charge in [-0.2, -0.15) is 0 Å². The number of ether oxygens (including phenoxy) is 1. The van der Waals surface area contributed by atoms with E-state index in [4.69, 9.17) is 16.3 Å². The van der Waals surface area contributed by atoms with Crippen molar-refractivity contribution in [3.8, 4) is 0 Å². The van der Waals surface area contributed by atoms with E-state index in [-0.39, 0.29) is 28.2 Å². The van der Waals surface area contributed by atoms with E-state index < -0.39 is 17.2 Å². The van der Waals surface area contributed by atoms with Crippen LogP contribution in [0.5, 0.6) is 0 Å². The van der Waals surface area contributed by atoms with E-state index in [0.717, 1.165) is 0 Å². The number of nitrogens with one attached hydrogen (secondary N) is 1. The first-order valence-corrected chi connectivity index (χ1v) is 6.37. The molecule has 20 heavy (non-hydrogen) atoms. The lowest BCUT2D eigenvalue weighted by Gasteiger charge is -2.09. The van der Waals surface area contributed by atoms with Crippen LogP contribution >= 0.6 is 11.6 Å². The largest absolute Gasteiger partial charge is 0.462 e. The van der Waals surface area contributed by atoms with Crippen molar-refractivity contribution in [1.82, 2.24) is 14.5 Å². The Morgan fingerprint density at radius 1 is 1.45 bits per heavy atom. The van der Waals surface area contributed by atoms with Crippen molar-refractivity contribution in [2.24, 2.45) is 0 Å². The second-order valence-electron chi connectivity index (χ2n) is 3.91. The summed E-state index contributed by atoms with van der Waals surface area (Å²) in [6.07, 6.45) is 1.20. The van der Waals surface area contributed by atoms with Crippen LogP contribution in [0.15, 0.2) is 15.8 Å². The summed E-state index contributed by atoms with van der Waals surface area (Å²) in [6, 6.07) is 0. The minimum atomic E-state index is -0.682. The van der Waals surface area contributed by atoms with E-state index >= 15 is 0 Å². The van der Waals surface area contributed by atoms with E-state index in [9.17, 15) is 14.4 Å². The van der Waals surface area contributed by atoms with Crippen LogP contribution < -0.4 is 11.2 Å². The molecule has 0 aromatic carbocycles. The van der Waals surface area contributed by atoms with Crippen LogP contribution in [0.4, 0.5) is 0 Å². The molecule has 0 bridgehead atoms. The van der Waals surface area contributed by atoms with Crippen molar-refractivity contribution in [2.75, 3.05) is 6.61 Å². The molecule has 0 aliphatic carbocycles. The highest BCUT2D eigenvalue weighted by atomic mass is 35.5. The Morgan fingerprint density at radius 2 is 2.15 bits per heavy atom. The quantitative estimate of drug-likeness (QED) is 0.851. The zero-order valence-electron chi connectivity index (χ0n) is 10.9. The minimum absolute atomic E-state index is 0.00123. The standard InChI is InChI=1S/C12H12ClN3O4/c1-3-16-9-7(10(17)15-12(16)19)8(13)6(5-14-9)11(18)20-4-2/h5H,3-4H2,1-2H3,(H,15,17,19). The molecule has 0 spiro atoms. The number of hydrogen-bond acceptors (Lipinski definition) is 5. The van der Waals surface area contributed by atoms with Crippen LogP contribution in [0.2, 0.25) is 5.02 Å². The first-order chi connectivity index (χ1) is 9.51. The maximum atomic E-state index is 11.9. The third kappa shape index (κ3) is 2.20. The molecule has 2 rings (SSSR count). The van der Waals surface area contributed by atoms with E-state index in [1.54, 1.807) is 13.8 Å². The van der Waals surface area contributed by atoms with Crippen LogP contribution in [0.1, 0.15) is 24.2 Å². The molecule has 7 nitrogen and oxygen atoms in total. The number of hydrogen-bond donors (Lipinski definition) is 1. The van der Waals surface area contributed by atoms with Crippen molar-refractivity contribution in [3.63, 3.8) is 0 Å². The van der Waals surface area contributed by atoms with Crippen molar-refractivity contribution in [2.45, 2.75) is 20.4 Å². The highest BCUT2D eigenvalue weighted by Crippen LogP contribution is 2.22. The number of carbonyl (C=O) groups excluding carboxylic acids is 1. The van der Waals surface area contributed by atoms with Gasteiger partial charge in [0, 0.05) is 12.7 Å². The SMILES string of the molecule is CCOC(=O)c1cnc2c(c1Cl)c(=O)[nH]c(=O)n2CC. The number of pyridine rings is 1. The van der Waals surface area contributed by atoms with Gasteiger partial charge in [0.15, 0.2) is 5.65 Å². The van der Waals surface area contributed by atoms with Crippen molar-refractivity contribution in [1.29, 1.82) is 0 Å². The molecule has 106 valence electrons. The number of halogens is 1. The van der Waals surface area contributed by atoms with Crippen LogP contribution in [0.25, 0.3) is 11.0 Å². The third-order valence-corrected chi connectivity index (χ3v) is 3.15. The number of rotatable bonds is 3. The molecule has 0 fully saturated rings. The number of H-pyrrole nitrogens is 1. The Morgan fingerprint density at radius 3 is 2.75 bits per heavy atom. The van der Waals surface area contributed by atoms with E-state index in [1.807, 2.05) is 0 Å². The van der Waals surface area contributed by atoms with Crippen LogP contribution in [-0.4, -0.2) is 27.1 Å². The third-order valence-electron chi connectivity index (χ3n) is 2.76. The zero-order valence-corrected chi connectivity index (χ0v) is 11.7. The van der Waals surface area contributed by atoms with Gasteiger partial charge in [-0.3, -0.25) is 14.3 Å². The van der Waals surface area contributed by atoms with Crippen molar-refractivity contribution < 1.29 is 9.53 Å². The molecule has 0 radical (unpaired) electrons. The van der Waals surface area contributed by atoms with Gasteiger partial charge in [0.2, 0.25) is 0 Å². The lowest BCUT2D eigenvalue weighted by Crippen LogP contribution is -2.31. The lowest BCUT2D eigenvalue weighted by atomic mass is 10.2. The molecular weight excluding hydrogens is 286 g/mol. The summed E-state index contributed by atoms with van der Waals surface area (Å²) in [6.45, 7) is 3.88. The smallest absolute Gasteiger partial charge is 0.341 e. The van der Waals surface area contributed by atoms with Gasteiger partial charge in [0.1, 0.15) is 5.39 Å². The number of esters is 1. The molecule has 2 heterocycles. The molecule has 0 aliphatic heterocycles. The lowest BCUT2D eigenvalue weighted by molar-refractivity contribution is 0.0526. The summed E-state index contributed by atoms with van der Waals surface area (Å²) in [5, 5.41) is -0.0735. The van der Waals surface area contributed by atoms with Gasteiger partial charge in [-0.05, 0) is 13.8 Å². The van der Waals surface area contributed by atoms with E-state index in [2.05, 4.69) is 9.97 Å². The number of aryl methyl sites for hydroxylation is 1. The Hall–Kier alpha value is -2.15. The van der Waals surface area contributed by atoms with Gasteiger partial charge in [0.05, 0.1) is 17.2 Å². The predicted octanol–water partition coefficient (Wildman–Crippen LogP) is 0.935.